The van der Waals surface area contributed by atoms with Crippen molar-refractivity contribution < 1.29 is 4.74 Å². The molecule has 2 rings (SSSR count). The van der Waals surface area contributed by atoms with Crippen molar-refractivity contribution in [2.24, 2.45) is 5.73 Å². The Kier molecular flexibility index (Phi) is 5.42. The fourth-order valence-electron chi connectivity index (χ4n) is 2.28. The van der Waals surface area contributed by atoms with E-state index >= 15 is 0 Å². The lowest BCUT2D eigenvalue weighted by Crippen LogP contribution is -2.18. The first kappa shape index (κ1) is 16.0. The van der Waals surface area contributed by atoms with Crippen molar-refractivity contribution in [3.8, 4) is 5.75 Å². The Balaban J connectivity index is 2.31. The van der Waals surface area contributed by atoms with Gasteiger partial charge in [-0.1, -0.05) is 19.1 Å². The van der Waals surface area contributed by atoms with Gasteiger partial charge in [-0.05, 0) is 53.9 Å². The second-order valence-corrected chi connectivity index (χ2v) is 6.17. The average molecular weight is 352 g/mol. The summed E-state index contributed by atoms with van der Waals surface area (Å²) in [7, 11) is 0. The number of nitrogens with zero attached hydrogens (tertiary/aromatic N) is 2. The summed E-state index contributed by atoms with van der Waals surface area (Å²) in [6, 6.07) is 7.72. The number of halogens is 1. The lowest BCUT2D eigenvalue weighted by atomic mass is 10.0. The Morgan fingerprint density at radius 3 is 2.81 bits per heavy atom. The summed E-state index contributed by atoms with van der Waals surface area (Å²) in [6.45, 7) is 7.01. The van der Waals surface area contributed by atoms with Crippen LogP contribution in [0.4, 0.5) is 0 Å². The summed E-state index contributed by atoms with van der Waals surface area (Å²) in [5.74, 6) is 0.843. The predicted octanol–water partition coefficient (Wildman–Crippen LogP) is 3.89. The van der Waals surface area contributed by atoms with E-state index in [0.29, 0.717) is 0 Å². The van der Waals surface area contributed by atoms with Crippen LogP contribution in [0.25, 0.3) is 0 Å². The molecule has 0 spiro atoms. The van der Waals surface area contributed by atoms with Crippen LogP contribution in [0.2, 0.25) is 0 Å². The zero-order valence-corrected chi connectivity index (χ0v) is 14.3. The summed E-state index contributed by atoms with van der Waals surface area (Å²) in [5.41, 5.74) is 8.46. The number of nitrogens with two attached hydrogens (primary N) is 1. The van der Waals surface area contributed by atoms with Gasteiger partial charge in [0.1, 0.15) is 5.75 Å². The van der Waals surface area contributed by atoms with Gasteiger partial charge in [0.15, 0.2) is 0 Å². The maximum atomic E-state index is 6.45. The number of aryl methyl sites for hydroxylation is 1. The van der Waals surface area contributed by atoms with E-state index in [1.54, 1.807) is 6.20 Å². The minimum absolute atomic E-state index is 0.147. The molecule has 1 heterocycles. The first-order valence-electron chi connectivity index (χ1n) is 7.26. The molecule has 0 aliphatic rings. The second kappa shape index (κ2) is 7.09. The summed E-state index contributed by atoms with van der Waals surface area (Å²) in [6.07, 6.45) is 2.97. The van der Waals surface area contributed by atoms with Crippen molar-refractivity contribution in [1.82, 2.24) is 9.78 Å². The van der Waals surface area contributed by atoms with Gasteiger partial charge >= 0.3 is 0 Å². The van der Waals surface area contributed by atoms with Crippen molar-refractivity contribution in [2.45, 2.75) is 45.9 Å². The van der Waals surface area contributed by atoms with Crippen molar-refractivity contribution >= 4 is 15.9 Å². The van der Waals surface area contributed by atoms with E-state index in [-0.39, 0.29) is 12.1 Å². The molecular weight excluding hydrogens is 330 g/mol. The highest BCUT2D eigenvalue weighted by Gasteiger charge is 2.18. The van der Waals surface area contributed by atoms with Crippen LogP contribution < -0.4 is 10.5 Å². The summed E-state index contributed by atoms with van der Waals surface area (Å²) < 4.78 is 8.65. The number of ether oxygens (including phenoxy) is 1. The SMILES string of the molecule is CCCn1ncc(Br)c1C(N)c1cccc(OC(C)C)c1. The third-order valence-corrected chi connectivity index (χ3v) is 3.76. The highest BCUT2D eigenvalue weighted by atomic mass is 79.9. The standard InChI is InChI=1S/C16H22BrN3O/c1-4-8-20-16(14(17)10-19-20)15(18)12-6-5-7-13(9-12)21-11(2)3/h5-7,9-11,15H,4,8,18H2,1-3H3. The van der Waals surface area contributed by atoms with E-state index in [1.807, 2.05) is 42.8 Å². The van der Waals surface area contributed by atoms with Crippen LogP contribution in [0.3, 0.4) is 0 Å². The van der Waals surface area contributed by atoms with Gasteiger partial charge in [-0.15, -0.1) is 0 Å². The Labute approximate surface area is 134 Å². The number of benzene rings is 1. The highest BCUT2D eigenvalue weighted by Crippen LogP contribution is 2.29. The Morgan fingerprint density at radius 1 is 1.38 bits per heavy atom. The smallest absolute Gasteiger partial charge is 0.120 e. The Bertz CT molecular complexity index is 595. The quantitative estimate of drug-likeness (QED) is 0.858. The first-order valence-corrected chi connectivity index (χ1v) is 8.05. The van der Waals surface area contributed by atoms with Crippen LogP contribution in [-0.4, -0.2) is 15.9 Å². The third-order valence-electron chi connectivity index (χ3n) is 3.15. The molecule has 5 heteroatoms. The fourth-order valence-corrected chi connectivity index (χ4v) is 2.83. The molecule has 4 nitrogen and oxygen atoms in total. The maximum Gasteiger partial charge on any atom is 0.120 e. The van der Waals surface area contributed by atoms with Gasteiger partial charge in [0.05, 0.1) is 28.5 Å². The molecule has 0 fully saturated rings. The Morgan fingerprint density at radius 2 is 2.14 bits per heavy atom. The largest absolute Gasteiger partial charge is 0.491 e. The van der Waals surface area contributed by atoms with Gasteiger partial charge in [0, 0.05) is 6.54 Å². The summed E-state index contributed by atoms with van der Waals surface area (Å²) >= 11 is 3.55. The molecule has 0 aliphatic carbocycles. The lowest BCUT2D eigenvalue weighted by molar-refractivity contribution is 0.242. The van der Waals surface area contributed by atoms with Crippen LogP contribution in [0.1, 0.15) is 44.5 Å². The average Bonchev–Trinajstić information content (AvgIpc) is 2.79. The second-order valence-electron chi connectivity index (χ2n) is 5.32. The van der Waals surface area contributed by atoms with Crippen molar-refractivity contribution in [1.29, 1.82) is 0 Å². The van der Waals surface area contributed by atoms with E-state index in [9.17, 15) is 0 Å². The molecule has 1 aromatic carbocycles. The fraction of sp³-hybridized carbons (Fsp3) is 0.438. The van der Waals surface area contributed by atoms with Crippen LogP contribution in [-0.2, 0) is 6.54 Å². The number of aromatic nitrogens is 2. The number of rotatable bonds is 6. The van der Waals surface area contributed by atoms with Crippen molar-refractivity contribution in [3.63, 3.8) is 0 Å². The van der Waals surface area contributed by atoms with E-state index < -0.39 is 0 Å². The van der Waals surface area contributed by atoms with E-state index in [0.717, 1.165) is 34.4 Å². The Hall–Kier alpha value is -1.33. The molecule has 0 bridgehead atoms. The molecule has 0 radical (unpaired) electrons. The molecule has 2 aromatic rings. The molecule has 1 aromatic heterocycles. The van der Waals surface area contributed by atoms with Gasteiger partial charge in [-0.25, -0.2) is 0 Å². The molecule has 0 saturated carbocycles. The van der Waals surface area contributed by atoms with Gasteiger partial charge in [-0.2, -0.15) is 5.10 Å². The minimum atomic E-state index is -0.232. The van der Waals surface area contributed by atoms with Gasteiger partial charge in [0.2, 0.25) is 0 Å². The predicted molar refractivity (Wildman–Crippen MR) is 88.5 cm³/mol. The molecule has 0 saturated heterocycles. The molecular formula is C16H22BrN3O. The first-order chi connectivity index (χ1) is 10.0. The molecule has 1 unspecified atom stereocenters. The number of hydrogen-bond donors (Lipinski definition) is 1. The van der Waals surface area contributed by atoms with Crippen LogP contribution in [0.15, 0.2) is 34.9 Å². The zero-order valence-electron chi connectivity index (χ0n) is 12.7. The van der Waals surface area contributed by atoms with E-state index in [1.165, 1.54) is 0 Å². The zero-order chi connectivity index (χ0) is 15.4. The number of hydrogen-bond acceptors (Lipinski definition) is 3. The minimum Gasteiger partial charge on any atom is -0.491 e. The highest BCUT2D eigenvalue weighted by molar-refractivity contribution is 9.10. The maximum absolute atomic E-state index is 6.45. The van der Waals surface area contributed by atoms with Crippen molar-refractivity contribution in [3.05, 3.63) is 46.2 Å². The molecule has 1 atom stereocenters. The third kappa shape index (κ3) is 3.86. The monoisotopic (exact) mass is 351 g/mol. The molecule has 0 aliphatic heterocycles. The van der Waals surface area contributed by atoms with Crippen LogP contribution in [0.5, 0.6) is 5.75 Å². The molecule has 114 valence electrons. The summed E-state index contributed by atoms with van der Waals surface area (Å²) in [5, 5.41) is 4.38. The van der Waals surface area contributed by atoms with Crippen molar-refractivity contribution in [2.75, 3.05) is 0 Å². The van der Waals surface area contributed by atoms with Gasteiger partial charge in [-0.3, -0.25) is 4.68 Å². The molecule has 0 amide bonds. The van der Waals surface area contributed by atoms with E-state index in [2.05, 4.69) is 28.0 Å². The van der Waals surface area contributed by atoms with Gasteiger partial charge < -0.3 is 10.5 Å². The topological polar surface area (TPSA) is 53.1 Å². The lowest BCUT2D eigenvalue weighted by Gasteiger charge is -2.17. The summed E-state index contributed by atoms with van der Waals surface area (Å²) in [4.78, 5) is 0. The van der Waals surface area contributed by atoms with Crippen LogP contribution >= 0.6 is 15.9 Å². The molecule has 2 N–H and O–H groups in total. The molecule has 21 heavy (non-hydrogen) atoms. The van der Waals surface area contributed by atoms with Gasteiger partial charge in [0.25, 0.3) is 0 Å². The normalized spacial score (nSPS) is 12.7. The van der Waals surface area contributed by atoms with Crippen LogP contribution in [0, 0.1) is 0 Å². The van der Waals surface area contributed by atoms with E-state index in [4.69, 9.17) is 10.5 Å².